The molecule has 0 saturated carbocycles. The van der Waals surface area contributed by atoms with E-state index >= 15 is 0 Å². The highest BCUT2D eigenvalue weighted by atomic mass is 35.5. The number of methoxy groups -OCH3 is 1. The van der Waals surface area contributed by atoms with Crippen LogP contribution in [0, 0.1) is 6.92 Å². The van der Waals surface area contributed by atoms with Crippen LogP contribution in [0.2, 0.25) is 10.0 Å². The summed E-state index contributed by atoms with van der Waals surface area (Å²) in [5, 5.41) is 8.15. The van der Waals surface area contributed by atoms with E-state index in [-0.39, 0.29) is 16.3 Å². The lowest BCUT2D eigenvalue weighted by Crippen LogP contribution is -2.23. The number of thiocarbonyl (C=S) groups is 1. The molecule has 9 heteroatoms. The predicted molar refractivity (Wildman–Crippen MR) is 133 cm³/mol. The van der Waals surface area contributed by atoms with Crippen LogP contribution in [0.25, 0.3) is 0 Å². The van der Waals surface area contributed by atoms with Crippen molar-refractivity contribution in [2.75, 3.05) is 12.4 Å². The van der Waals surface area contributed by atoms with E-state index in [2.05, 4.69) is 15.8 Å². The van der Waals surface area contributed by atoms with Crippen molar-refractivity contribution >= 4 is 58.4 Å². The Balaban J connectivity index is 1.63. The first-order valence-electron chi connectivity index (χ1n) is 9.37. The number of halogens is 2. The first-order chi connectivity index (χ1) is 15.4. The van der Waals surface area contributed by atoms with Crippen LogP contribution in [0.15, 0.2) is 65.8 Å². The lowest BCUT2D eigenvalue weighted by Gasteiger charge is -2.10. The van der Waals surface area contributed by atoms with E-state index in [0.717, 1.165) is 11.3 Å². The summed E-state index contributed by atoms with van der Waals surface area (Å²) in [4.78, 5) is 12.4. The molecule has 0 heterocycles. The van der Waals surface area contributed by atoms with Gasteiger partial charge < -0.3 is 14.8 Å². The fraction of sp³-hybridized carbons (Fsp3) is 0.0870. The summed E-state index contributed by atoms with van der Waals surface area (Å²) in [6.45, 7) is 2.00. The predicted octanol–water partition coefficient (Wildman–Crippen LogP) is 5.85. The summed E-state index contributed by atoms with van der Waals surface area (Å²) in [6, 6.07) is 17.3. The average Bonchev–Trinajstić information content (AvgIpc) is 2.76. The molecule has 0 fully saturated rings. The Kier molecular flexibility index (Phi) is 8.05. The summed E-state index contributed by atoms with van der Waals surface area (Å²) >= 11 is 17.1. The Labute approximate surface area is 201 Å². The van der Waals surface area contributed by atoms with Crippen molar-refractivity contribution in [3.63, 3.8) is 0 Å². The molecule has 0 aliphatic rings. The van der Waals surface area contributed by atoms with Crippen molar-refractivity contribution in [2.24, 2.45) is 5.10 Å². The van der Waals surface area contributed by atoms with Crippen LogP contribution in [-0.2, 0) is 0 Å². The molecule has 0 spiro atoms. The van der Waals surface area contributed by atoms with Crippen LogP contribution >= 0.6 is 35.4 Å². The highest BCUT2D eigenvalue weighted by molar-refractivity contribution is 7.80. The van der Waals surface area contributed by atoms with Gasteiger partial charge >= 0.3 is 5.97 Å². The van der Waals surface area contributed by atoms with E-state index in [0.29, 0.717) is 21.4 Å². The average molecular weight is 488 g/mol. The third-order valence-electron chi connectivity index (χ3n) is 4.20. The van der Waals surface area contributed by atoms with E-state index in [4.69, 9.17) is 44.9 Å². The van der Waals surface area contributed by atoms with Crippen LogP contribution in [0.4, 0.5) is 5.69 Å². The number of hydrazone groups is 1. The molecule has 0 aromatic heterocycles. The smallest absolute Gasteiger partial charge is 0.343 e. The van der Waals surface area contributed by atoms with Crippen molar-refractivity contribution < 1.29 is 14.3 Å². The maximum absolute atomic E-state index is 12.4. The molecular weight excluding hydrogens is 469 g/mol. The second-order valence-corrected chi connectivity index (χ2v) is 7.84. The van der Waals surface area contributed by atoms with Crippen LogP contribution in [-0.4, -0.2) is 24.4 Å². The number of aryl methyl sites for hydroxylation is 1. The van der Waals surface area contributed by atoms with E-state index < -0.39 is 5.97 Å². The van der Waals surface area contributed by atoms with E-state index in [1.54, 1.807) is 24.4 Å². The molecule has 2 N–H and O–H groups in total. The van der Waals surface area contributed by atoms with Gasteiger partial charge in [-0.25, -0.2) is 4.79 Å². The monoisotopic (exact) mass is 487 g/mol. The summed E-state index contributed by atoms with van der Waals surface area (Å²) in [5.74, 6) is 0.0330. The van der Waals surface area contributed by atoms with Gasteiger partial charge in [0.2, 0.25) is 0 Å². The van der Waals surface area contributed by atoms with Crippen LogP contribution in [0.3, 0.4) is 0 Å². The fourth-order valence-corrected chi connectivity index (χ4v) is 3.15. The number of esters is 1. The molecule has 0 bridgehead atoms. The quantitative estimate of drug-likeness (QED) is 0.149. The molecule has 0 amide bonds. The van der Waals surface area contributed by atoms with Crippen molar-refractivity contribution in [3.05, 3.63) is 87.4 Å². The lowest BCUT2D eigenvalue weighted by atomic mass is 10.2. The molecule has 3 aromatic rings. The Morgan fingerprint density at radius 2 is 1.84 bits per heavy atom. The molecule has 6 nitrogen and oxygen atoms in total. The van der Waals surface area contributed by atoms with E-state index in [9.17, 15) is 4.79 Å². The number of carbonyl (C=O) groups is 1. The van der Waals surface area contributed by atoms with Gasteiger partial charge in [-0.3, -0.25) is 5.43 Å². The third kappa shape index (κ3) is 6.43. The van der Waals surface area contributed by atoms with Gasteiger partial charge in [-0.15, -0.1) is 0 Å². The summed E-state index contributed by atoms with van der Waals surface area (Å²) in [5.41, 5.74) is 5.72. The van der Waals surface area contributed by atoms with Crippen molar-refractivity contribution in [1.82, 2.24) is 5.43 Å². The van der Waals surface area contributed by atoms with Crippen LogP contribution in [0.1, 0.15) is 21.5 Å². The van der Waals surface area contributed by atoms with Crippen molar-refractivity contribution in [1.29, 1.82) is 0 Å². The highest BCUT2D eigenvalue weighted by Gasteiger charge is 2.14. The van der Waals surface area contributed by atoms with Crippen LogP contribution < -0.4 is 20.2 Å². The number of nitrogens with zero attached hydrogens (tertiary/aromatic N) is 1. The second-order valence-electron chi connectivity index (χ2n) is 6.62. The molecular formula is C23H19Cl2N3O3S. The largest absolute Gasteiger partial charge is 0.493 e. The number of hydrogen-bond acceptors (Lipinski definition) is 5. The Morgan fingerprint density at radius 3 is 2.56 bits per heavy atom. The minimum Gasteiger partial charge on any atom is -0.493 e. The van der Waals surface area contributed by atoms with Gasteiger partial charge in [0.05, 0.1) is 28.9 Å². The molecule has 164 valence electrons. The van der Waals surface area contributed by atoms with Gasteiger partial charge in [0.15, 0.2) is 16.6 Å². The molecule has 0 unspecified atom stereocenters. The summed E-state index contributed by atoms with van der Waals surface area (Å²) in [7, 11) is 1.48. The van der Waals surface area contributed by atoms with Crippen molar-refractivity contribution in [3.8, 4) is 11.5 Å². The SMILES string of the molecule is COc1cc(/C=N/NC(=S)Nc2cccc(C)c2)ccc1OC(=O)c1ccc(Cl)c(Cl)c1. The second kappa shape index (κ2) is 10.9. The maximum Gasteiger partial charge on any atom is 0.343 e. The van der Waals surface area contributed by atoms with Gasteiger partial charge in [0.1, 0.15) is 0 Å². The molecule has 0 aliphatic carbocycles. The summed E-state index contributed by atoms with van der Waals surface area (Å²) < 4.78 is 10.8. The first kappa shape index (κ1) is 23.5. The summed E-state index contributed by atoms with van der Waals surface area (Å²) in [6.07, 6.45) is 1.57. The molecule has 3 rings (SSSR count). The molecule has 0 radical (unpaired) electrons. The Morgan fingerprint density at radius 1 is 1.03 bits per heavy atom. The standard InChI is InChI=1S/C23H19Cl2N3O3S/c1-14-4-3-5-17(10-14)27-23(32)28-26-13-15-6-9-20(21(11-15)30-2)31-22(29)16-7-8-18(24)19(25)12-16/h3-13H,1-2H3,(H2,27,28,32)/b26-13+. The van der Waals surface area contributed by atoms with Crippen molar-refractivity contribution in [2.45, 2.75) is 6.92 Å². The van der Waals surface area contributed by atoms with Crippen LogP contribution in [0.5, 0.6) is 11.5 Å². The number of nitrogens with one attached hydrogen (secondary N) is 2. The molecule has 3 aromatic carbocycles. The number of anilines is 1. The van der Waals surface area contributed by atoms with Gasteiger partial charge in [-0.05, 0) is 78.8 Å². The number of ether oxygens (including phenoxy) is 2. The Bertz CT molecular complexity index is 1180. The molecule has 0 aliphatic heterocycles. The topological polar surface area (TPSA) is 71.9 Å². The van der Waals surface area contributed by atoms with Gasteiger partial charge in [-0.2, -0.15) is 5.10 Å². The first-order valence-corrected chi connectivity index (χ1v) is 10.5. The van der Waals surface area contributed by atoms with Gasteiger partial charge in [0, 0.05) is 5.69 Å². The van der Waals surface area contributed by atoms with E-state index in [1.807, 2.05) is 31.2 Å². The van der Waals surface area contributed by atoms with Gasteiger partial charge in [0.25, 0.3) is 0 Å². The number of carbonyl (C=O) groups excluding carboxylic acids is 1. The van der Waals surface area contributed by atoms with E-state index in [1.165, 1.54) is 25.3 Å². The number of rotatable bonds is 6. The maximum atomic E-state index is 12.4. The number of hydrogen-bond donors (Lipinski definition) is 2. The normalized spacial score (nSPS) is 10.6. The number of benzene rings is 3. The lowest BCUT2D eigenvalue weighted by molar-refractivity contribution is 0.0729. The fourth-order valence-electron chi connectivity index (χ4n) is 2.68. The zero-order chi connectivity index (χ0) is 23.1. The molecule has 0 saturated heterocycles. The minimum absolute atomic E-state index is 0.255. The molecule has 32 heavy (non-hydrogen) atoms. The highest BCUT2D eigenvalue weighted by Crippen LogP contribution is 2.29. The minimum atomic E-state index is -0.586. The Hall–Kier alpha value is -3.13. The van der Waals surface area contributed by atoms with Gasteiger partial charge in [-0.1, -0.05) is 35.3 Å². The zero-order valence-corrected chi connectivity index (χ0v) is 19.5. The zero-order valence-electron chi connectivity index (χ0n) is 17.2. The third-order valence-corrected chi connectivity index (χ3v) is 5.13. The molecule has 0 atom stereocenters.